The van der Waals surface area contributed by atoms with Gasteiger partial charge in [-0.3, -0.25) is 4.79 Å². The molecule has 0 N–H and O–H groups in total. The fourth-order valence-corrected chi connectivity index (χ4v) is 4.59. The van der Waals surface area contributed by atoms with Crippen molar-refractivity contribution in [1.82, 2.24) is 0 Å². The first-order valence-electron chi connectivity index (χ1n) is 8.41. The molecule has 2 rings (SSSR count). The van der Waals surface area contributed by atoms with E-state index in [4.69, 9.17) is 9.16 Å². The van der Waals surface area contributed by atoms with Gasteiger partial charge in [0.1, 0.15) is 0 Å². The summed E-state index contributed by atoms with van der Waals surface area (Å²) >= 11 is 0. The maximum absolute atomic E-state index is 11.7. The molecule has 0 radical (unpaired) electrons. The van der Waals surface area contributed by atoms with Gasteiger partial charge in [0.15, 0.2) is 8.32 Å². The Hall–Kier alpha value is -0.353. The molecule has 0 spiro atoms. The minimum absolute atomic E-state index is 0.00837. The molecule has 0 aromatic carbocycles. The van der Waals surface area contributed by atoms with Crippen LogP contribution in [0.15, 0.2) is 0 Å². The summed E-state index contributed by atoms with van der Waals surface area (Å²) in [4.78, 5) is 11.7. The van der Waals surface area contributed by atoms with Crippen molar-refractivity contribution in [2.75, 3.05) is 13.2 Å². The third-order valence-electron chi connectivity index (χ3n) is 6.10. The molecule has 122 valence electrons. The van der Waals surface area contributed by atoms with E-state index in [1.165, 1.54) is 19.3 Å². The zero-order valence-electron chi connectivity index (χ0n) is 14.6. The van der Waals surface area contributed by atoms with Crippen LogP contribution in [-0.4, -0.2) is 27.5 Å². The van der Waals surface area contributed by atoms with Crippen LogP contribution < -0.4 is 0 Å². The zero-order chi connectivity index (χ0) is 15.9. The molecule has 2 aliphatic carbocycles. The van der Waals surface area contributed by atoms with Gasteiger partial charge in [-0.2, -0.15) is 0 Å². The van der Waals surface area contributed by atoms with Gasteiger partial charge in [-0.05, 0) is 61.6 Å². The van der Waals surface area contributed by atoms with Crippen molar-refractivity contribution >= 4 is 14.3 Å². The van der Waals surface area contributed by atoms with E-state index in [9.17, 15) is 4.79 Å². The summed E-state index contributed by atoms with van der Waals surface area (Å²) in [5.41, 5.74) is 0.272. The molecule has 3 atom stereocenters. The number of fused-ring (bicyclic) bond motifs is 1. The summed E-state index contributed by atoms with van der Waals surface area (Å²) in [5, 5.41) is 0.275. The Balaban J connectivity index is 1.83. The van der Waals surface area contributed by atoms with Gasteiger partial charge in [0.05, 0.1) is 13.0 Å². The molecular formula is C17H32O3Si. The van der Waals surface area contributed by atoms with Crippen LogP contribution in [-0.2, 0) is 14.0 Å². The Morgan fingerprint density at radius 2 is 2.00 bits per heavy atom. The SMILES string of the molecule is CCOC(=O)C[C@]12CC[C@H](CO[Si](C)(C)C(C)(C)C)[C@H]1C2. The van der Waals surface area contributed by atoms with Gasteiger partial charge in [-0.1, -0.05) is 20.8 Å². The van der Waals surface area contributed by atoms with Crippen molar-refractivity contribution in [1.29, 1.82) is 0 Å². The minimum atomic E-state index is -1.64. The Morgan fingerprint density at radius 3 is 2.52 bits per heavy atom. The Kier molecular flexibility index (Phi) is 4.61. The fourth-order valence-electron chi connectivity index (χ4n) is 3.53. The van der Waals surface area contributed by atoms with Crippen molar-refractivity contribution in [3.8, 4) is 0 Å². The molecule has 4 heteroatoms. The maximum Gasteiger partial charge on any atom is 0.306 e. The molecule has 0 amide bonds. The maximum atomic E-state index is 11.7. The third-order valence-corrected chi connectivity index (χ3v) is 10.6. The van der Waals surface area contributed by atoms with Crippen LogP contribution in [0, 0.1) is 17.3 Å². The summed E-state index contributed by atoms with van der Waals surface area (Å²) in [6.07, 6.45) is 4.24. The third kappa shape index (κ3) is 3.53. The van der Waals surface area contributed by atoms with Gasteiger partial charge in [0.2, 0.25) is 0 Å². The molecule has 0 saturated heterocycles. The van der Waals surface area contributed by atoms with E-state index in [2.05, 4.69) is 33.9 Å². The molecule has 3 nitrogen and oxygen atoms in total. The highest BCUT2D eigenvalue weighted by Crippen LogP contribution is 2.68. The Labute approximate surface area is 130 Å². The van der Waals surface area contributed by atoms with E-state index in [1.54, 1.807) is 0 Å². The lowest BCUT2D eigenvalue weighted by Crippen LogP contribution is -2.42. The van der Waals surface area contributed by atoms with Crippen LogP contribution in [0.2, 0.25) is 18.1 Å². The minimum Gasteiger partial charge on any atom is -0.466 e. The highest BCUT2D eigenvalue weighted by Gasteiger charge is 2.62. The van der Waals surface area contributed by atoms with Crippen molar-refractivity contribution in [2.45, 2.75) is 71.5 Å². The van der Waals surface area contributed by atoms with Gasteiger partial charge >= 0.3 is 5.97 Å². The number of ether oxygens (including phenoxy) is 1. The summed E-state index contributed by atoms with van der Waals surface area (Å²) in [6.45, 7) is 14.8. The van der Waals surface area contributed by atoms with Crippen molar-refractivity contribution < 1.29 is 14.0 Å². The smallest absolute Gasteiger partial charge is 0.306 e. The second kappa shape index (κ2) is 5.69. The molecule has 0 aliphatic heterocycles. The number of hydrogen-bond acceptors (Lipinski definition) is 3. The highest BCUT2D eigenvalue weighted by atomic mass is 28.4. The van der Waals surface area contributed by atoms with Gasteiger partial charge in [-0.25, -0.2) is 0 Å². The first kappa shape index (κ1) is 17.0. The zero-order valence-corrected chi connectivity index (χ0v) is 15.6. The van der Waals surface area contributed by atoms with E-state index in [0.717, 1.165) is 6.61 Å². The lowest BCUT2D eigenvalue weighted by atomic mass is 10.00. The van der Waals surface area contributed by atoms with Gasteiger partial charge < -0.3 is 9.16 Å². The number of hydrogen-bond donors (Lipinski definition) is 0. The van der Waals surface area contributed by atoms with Crippen LogP contribution in [0.5, 0.6) is 0 Å². The molecule has 21 heavy (non-hydrogen) atoms. The van der Waals surface area contributed by atoms with Gasteiger partial charge in [0, 0.05) is 6.61 Å². The lowest BCUT2D eigenvalue weighted by molar-refractivity contribution is -0.144. The summed E-state index contributed by atoms with van der Waals surface area (Å²) in [6, 6.07) is 0. The summed E-state index contributed by atoms with van der Waals surface area (Å²) in [7, 11) is -1.64. The number of esters is 1. The standard InChI is InChI=1S/C17H32O3Si/c1-7-19-15(18)11-17-9-8-13(14(17)10-17)12-20-21(5,6)16(2,3)4/h13-14H,7-12H2,1-6H3/t13-,14-,17-/m1/s1. The monoisotopic (exact) mass is 312 g/mol. The highest BCUT2D eigenvalue weighted by molar-refractivity contribution is 6.74. The Morgan fingerprint density at radius 1 is 1.33 bits per heavy atom. The topological polar surface area (TPSA) is 35.5 Å². The number of carbonyl (C=O) groups excluding carboxylic acids is 1. The molecule has 0 unspecified atom stereocenters. The predicted molar refractivity (Wildman–Crippen MR) is 87.7 cm³/mol. The normalized spacial score (nSPS) is 31.9. The average molecular weight is 313 g/mol. The molecule has 0 aromatic rings. The number of carbonyl (C=O) groups is 1. The van der Waals surface area contributed by atoms with E-state index in [0.29, 0.717) is 24.9 Å². The molecule has 2 fully saturated rings. The lowest BCUT2D eigenvalue weighted by Gasteiger charge is -2.37. The van der Waals surface area contributed by atoms with E-state index in [-0.39, 0.29) is 16.4 Å². The average Bonchev–Trinajstić information content (AvgIpc) is 2.93. The van der Waals surface area contributed by atoms with Gasteiger partial charge in [0.25, 0.3) is 0 Å². The first-order chi connectivity index (χ1) is 9.61. The molecule has 0 bridgehead atoms. The summed E-state index contributed by atoms with van der Waals surface area (Å²) in [5.74, 6) is 1.35. The van der Waals surface area contributed by atoms with E-state index >= 15 is 0 Å². The van der Waals surface area contributed by atoms with E-state index in [1.807, 2.05) is 6.92 Å². The van der Waals surface area contributed by atoms with Crippen LogP contribution in [0.1, 0.15) is 53.4 Å². The largest absolute Gasteiger partial charge is 0.466 e. The molecule has 0 aromatic heterocycles. The van der Waals surface area contributed by atoms with Crippen LogP contribution in [0.25, 0.3) is 0 Å². The quantitative estimate of drug-likeness (QED) is 0.539. The molecule has 2 saturated carbocycles. The second-order valence-corrected chi connectivity index (χ2v) is 13.3. The van der Waals surface area contributed by atoms with Gasteiger partial charge in [-0.15, -0.1) is 0 Å². The summed E-state index contributed by atoms with van der Waals surface area (Å²) < 4.78 is 11.5. The van der Waals surface area contributed by atoms with Crippen LogP contribution >= 0.6 is 0 Å². The fraction of sp³-hybridized carbons (Fsp3) is 0.941. The Bertz CT molecular complexity index is 399. The van der Waals surface area contributed by atoms with E-state index < -0.39 is 8.32 Å². The van der Waals surface area contributed by atoms with Crippen LogP contribution in [0.4, 0.5) is 0 Å². The molecule has 2 aliphatic rings. The number of rotatable bonds is 6. The predicted octanol–water partition coefficient (Wildman–Crippen LogP) is 4.38. The second-order valence-electron chi connectivity index (χ2n) is 8.52. The molecular weight excluding hydrogens is 280 g/mol. The van der Waals surface area contributed by atoms with Crippen molar-refractivity contribution in [3.63, 3.8) is 0 Å². The van der Waals surface area contributed by atoms with Crippen molar-refractivity contribution in [3.05, 3.63) is 0 Å². The van der Waals surface area contributed by atoms with Crippen LogP contribution in [0.3, 0.4) is 0 Å². The first-order valence-corrected chi connectivity index (χ1v) is 11.3. The molecule has 0 heterocycles. The van der Waals surface area contributed by atoms with Crippen molar-refractivity contribution in [2.24, 2.45) is 17.3 Å².